The molecule has 4 nitrogen and oxygen atoms in total. The van der Waals surface area contributed by atoms with Crippen molar-refractivity contribution in [1.29, 1.82) is 0 Å². The predicted molar refractivity (Wildman–Crippen MR) is 46.9 cm³/mol. The molecule has 1 aromatic heterocycles. The maximum Gasteiger partial charge on any atom is 0.356 e. The van der Waals surface area contributed by atoms with E-state index in [0.29, 0.717) is 5.56 Å². The molecule has 70 valence electrons. The van der Waals surface area contributed by atoms with Gasteiger partial charge in [-0.15, -0.1) is 0 Å². The summed E-state index contributed by atoms with van der Waals surface area (Å²) in [5.74, 6) is -0.738. The maximum absolute atomic E-state index is 11.2. The second-order valence-electron chi connectivity index (χ2n) is 2.41. The molecular formula is C9H11NO3. The first-order valence-corrected chi connectivity index (χ1v) is 3.58. The average Bonchev–Trinajstić information content (AvgIpc) is 2.18. The zero-order valence-electron chi connectivity index (χ0n) is 10.3. The van der Waals surface area contributed by atoms with Gasteiger partial charge < -0.3 is 9.47 Å². The van der Waals surface area contributed by atoms with Crippen molar-refractivity contribution in [3.8, 4) is 5.88 Å². The third-order valence-corrected chi connectivity index (χ3v) is 1.54. The van der Waals surface area contributed by atoms with Crippen molar-refractivity contribution in [2.45, 2.75) is 6.92 Å². The molecular weight excluding hydrogens is 170 g/mol. The van der Waals surface area contributed by atoms with E-state index in [1.165, 1.54) is 13.2 Å². The molecule has 0 unspecified atom stereocenters. The number of hydrogen-bond donors (Lipinski definition) is 0. The van der Waals surface area contributed by atoms with Crippen LogP contribution >= 0.6 is 0 Å². The van der Waals surface area contributed by atoms with E-state index >= 15 is 0 Å². The summed E-state index contributed by atoms with van der Waals surface area (Å²) in [6.45, 7) is 1.63. The van der Waals surface area contributed by atoms with Gasteiger partial charge in [-0.05, 0) is 13.0 Å². The molecule has 0 atom stereocenters. The quantitative estimate of drug-likeness (QED) is 0.648. The van der Waals surface area contributed by atoms with Gasteiger partial charge in [-0.2, -0.15) is 0 Å². The number of carbonyl (C=O) groups excluding carboxylic acids is 1. The summed E-state index contributed by atoms with van der Waals surface area (Å²) < 4.78 is 29.9. The van der Waals surface area contributed by atoms with E-state index < -0.39 is 13.0 Å². The molecule has 0 radical (unpaired) electrons. The molecule has 0 N–H and O–H groups in total. The standard InChI is InChI=1S/C9H11NO3/c1-6-4-5-7(9(11)13-3)10-8(6)12-2/h4-5H,1-3H3/i2D3. The Balaban J connectivity index is 3.04. The Bertz CT molecular complexity index is 403. The number of methoxy groups -OCH3 is 2. The van der Waals surface area contributed by atoms with Gasteiger partial charge in [0, 0.05) is 5.56 Å². The summed E-state index contributed by atoms with van der Waals surface area (Å²) in [6.07, 6.45) is 0. The molecule has 0 spiro atoms. The molecule has 0 bridgehead atoms. The molecule has 0 aliphatic rings. The number of pyridine rings is 1. The van der Waals surface area contributed by atoms with Gasteiger partial charge in [0.2, 0.25) is 5.88 Å². The lowest BCUT2D eigenvalue weighted by atomic mass is 10.2. The zero-order chi connectivity index (χ0) is 12.3. The van der Waals surface area contributed by atoms with Crippen LogP contribution in [0.3, 0.4) is 0 Å². The summed E-state index contributed by atoms with van der Waals surface area (Å²) in [4.78, 5) is 14.9. The molecule has 0 amide bonds. The number of hydrogen-bond acceptors (Lipinski definition) is 4. The lowest BCUT2D eigenvalue weighted by molar-refractivity contribution is 0.0593. The minimum absolute atomic E-state index is 0.00681. The highest BCUT2D eigenvalue weighted by Gasteiger charge is 2.09. The Morgan fingerprint density at radius 3 is 3.00 bits per heavy atom. The van der Waals surface area contributed by atoms with Crippen molar-refractivity contribution in [2.24, 2.45) is 0 Å². The number of rotatable bonds is 2. The highest BCUT2D eigenvalue weighted by molar-refractivity contribution is 5.87. The van der Waals surface area contributed by atoms with Crippen molar-refractivity contribution in [1.82, 2.24) is 4.98 Å². The second kappa shape index (κ2) is 3.89. The third kappa shape index (κ3) is 1.96. The largest absolute Gasteiger partial charge is 0.481 e. The van der Waals surface area contributed by atoms with E-state index in [4.69, 9.17) is 4.11 Å². The number of esters is 1. The lowest BCUT2D eigenvalue weighted by Crippen LogP contribution is -2.05. The van der Waals surface area contributed by atoms with Gasteiger partial charge >= 0.3 is 5.97 Å². The highest BCUT2D eigenvalue weighted by Crippen LogP contribution is 2.14. The van der Waals surface area contributed by atoms with E-state index in [9.17, 15) is 4.79 Å². The van der Waals surface area contributed by atoms with E-state index in [1.807, 2.05) is 0 Å². The van der Waals surface area contributed by atoms with Crippen LogP contribution in [-0.4, -0.2) is 25.1 Å². The molecule has 1 aromatic rings. The van der Waals surface area contributed by atoms with E-state index in [1.54, 1.807) is 13.0 Å². The molecule has 0 saturated heterocycles. The first kappa shape index (κ1) is 5.96. The molecule has 1 heterocycles. The first-order valence-electron chi connectivity index (χ1n) is 5.08. The smallest absolute Gasteiger partial charge is 0.356 e. The molecule has 1 rings (SSSR count). The van der Waals surface area contributed by atoms with Crippen LogP contribution in [0.4, 0.5) is 0 Å². The van der Waals surface area contributed by atoms with Gasteiger partial charge in [-0.1, -0.05) is 6.07 Å². The molecule has 0 fully saturated rings. The number of aryl methyl sites for hydroxylation is 1. The third-order valence-electron chi connectivity index (χ3n) is 1.54. The van der Waals surface area contributed by atoms with E-state index in [-0.39, 0.29) is 11.6 Å². The molecule has 4 heteroatoms. The Hall–Kier alpha value is -1.58. The maximum atomic E-state index is 11.2. The molecule has 13 heavy (non-hydrogen) atoms. The first-order chi connectivity index (χ1) is 7.33. The van der Waals surface area contributed by atoms with Crippen molar-refractivity contribution in [3.63, 3.8) is 0 Å². The fourth-order valence-electron chi connectivity index (χ4n) is 0.832. The average molecular weight is 184 g/mol. The van der Waals surface area contributed by atoms with Crippen molar-refractivity contribution in [3.05, 3.63) is 23.4 Å². The van der Waals surface area contributed by atoms with Crippen LogP contribution in [0.5, 0.6) is 5.88 Å². The zero-order valence-corrected chi connectivity index (χ0v) is 7.33. The van der Waals surface area contributed by atoms with Gasteiger partial charge in [0.1, 0.15) is 0 Å². The SMILES string of the molecule is [2H]C([2H])([2H])Oc1nc(C(=O)OC)ccc1C. The fraction of sp³-hybridized carbons (Fsp3) is 0.333. The monoisotopic (exact) mass is 184 g/mol. The fourth-order valence-corrected chi connectivity index (χ4v) is 0.832. The number of ether oxygens (including phenoxy) is 2. The van der Waals surface area contributed by atoms with Gasteiger partial charge in [0.25, 0.3) is 0 Å². The minimum Gasteiger partial charge on any atom is -0.481 e. The molecule has 0 aliphatic carbocycles. The van der Waals surface area contributed by atoms with Crippen molar-refractivity contribution in [2.75, 3.05) is 14.1 Å². The van der Waals surface area contributed by atoms with Gasteiger partial charge in [0.15, 0.2) is 5.69 Å². The summed E-state index contributed by atoms with van der Waals surface area (Å²) in [7, 11) is -1.37. The van der Waals surface area contributed by atoms with Gasteiger partial charge in [0.05, 0.1) is 18.3 Å². The number of nitrogens with zero attached hydrogens (tertiary/aromatic N) is 1. The highest BCUT2D eigenvalue weighted by atomic mass is 16.5. The van der Waals surface area contributed by atoms with Crippen LogP contribution in [0.25, 0.3) is 0 Å². The summed E-state index contributed by atoms with van der Waals surface area (Å²) in [5.41, 5.74) is 0.538. The van der Waals surface area contributed by atoms with Gasteiger partial charge in [-0.3, -0.25) is 0 Å². The van der Waals surface area contributed by atoms with Crippen LogP contribution in [0.1, 0.15) is 20.2 Å². The van der Waals surface area contributed by atoms with Gasteiger partial charge in [-0.25, -0.2) is 9.78 Å². The molecule has 0 aromatic carbocycles. The van der Waals surface area contributed by atoms with E-state index in [0.717, 1.165) is 0 Å². The Morgan fingerprint density at radius 2 is 2.38 bits per heavy atom. The summed E-state index contributed by atoms with van der Waals surface area (Å²) in [6, 6.07) is 2.98. The summed E-state index contributed by atoms with van der Waals surface area (Å²) >= 11 is 0. The minimum atomic E-state index is -2.59. The van der Waals surface area contributed by atoms with Crippen LogP contribution < -0.4 is 4.74 Å². The Kier molecular flexibility index (Phi) is 1.78. The van der Waals surface area contributed by atoms with Crippen LogP contribution in [-0.2, 0) is 4.74 Å². The topological polar surface area (TPSA) is 48.4 Å². The molecule has 0 saturated carbocycles. The van der Waals surface area contributed by atoms with Crippen molar-refractivity contribution < 1.29 is 18.4 Å². The van der Waals surface area contributed by atoms with E-state index in [2.05, 4.69) is 14.5 Å². The number of carbonyl (C=O) groups is 1. The molecule has 0 aliphatic heterocycles. The van der Waals surface area contributed by atoms with Crippen LogP contribution in [0.2, 0.25) is 0 Å². The van der Waals surface area contributed by atoms with Crippen LogP contribution in [0.15, 0.2) is 12.1 Å². The second-order valence-corrected chi connectivity index (χ2v) is 2.41. The van der Waals surface area contributed by atoms with Crippen molar-refractivity contribution >= 4 is 5.97 Å². The lowest BCUT2D eigenvalue weighted by Gasteiger charge is -2.04. The number of aromatic nitrogens is 1. The summed E-state index contributed by atoms with van der Waals surface area (Å²) in [5, 5.41) is 0. The Morgan fingerprint density at radius 1 is 1.62 bits per heavy atom. The predicted octanol–water partition coefficient (Wildman–Crippen LogP) is 1.19. The normalized spacial score (nSPS) is 13.8. The Labute approximate surface area is 80.7 Å². The van der Waals surface area contributed by atoms with Crippen LogP contribution in [0, 0.1) is 6.92 Å².